The molecule has 0 spiro atoms. The zero-order chi connectivity index (χ0) is 84.7. The van der Waals surface area contributed by atoms with Gasteiger partial charge in [0.15, 0.2) is 28.0 Å². The fourth-order valence-electron chi connectivity index (χ4n) is 13.9. The van der Waals surface area contributed by atoms with Gasteiger partial charge in [-0.1, -0.05) is 54.6 Å². The number of Topliss-reactive ketones (excluding diaryl/α,β-unsaturated/α-hetero) is 2. The van der Waals surface area contributed by atoms with Gasteiger partial charge in [0.25, 0.3) is 17.4 Å². The van der Waals surface area contributed by atoms with Gasteiger partial charge in [0, 0.05) is 58.0 Å². The van der Waals surface area contributed by atoms with E-state index >= 15 is 0 Å². The summed E-state index contributed by atoms with van der Waals surface area (Å²) in [5, 5.41) is 110. The third-order valence-electron chi connectivity index (χ3n) is 19.9. The molecule has 19 N–H and O–H groups in total. The number of likely N-dealkylation sites (N-methyl/N-ethyl adjacent to an activating group) is 2. The summed E-state index contributed by atoms with van der Waals surface area (Å²) in [6.45, 7) is 8.64. The van der Waals surface area contributed by atoms with Gasteiger partial charge in [0.2, 0.25) is 11.5 Å². The quantitative estimate of drug-likeness (QED) is 0.0233. The van der Waals surface area contributed by atoms with Crippen molar-refractivity contribution in [3.63, 3.8) is 0 Å². The first kappa shape index (κ1) is 92.7. The first-order valence-corrected chi connectivity index (χ1v) is 38.2. The van der Waals surface area contributed by atoms with Gasteiger partial charge in [0.05, 0.1) is 148 Å². The standard InChI is InChI=1S/C22H24N2O9.C17H19N3O3S.C17H18N3O3S.C13H10N2O.C11H17N3O5.K.H2O/c1-21(32)7-5-4-6-8(25)9(7)15(26)10-12(21)17(28)13-14(24(2)3)16(27)11(20(23)31)19(30)22(13,33)18(10)29;2*1-10-8-18-15(11(2)16(10)23-4)9-24(21)17-19-13-6-5-12(22-3)7-14(13)20-17;16-13-11-8-4-5-9-12(11)14-15(13)10-6-2-1-3-7-10;1-12-7(5-15)11(19)14-13-4-6-2-3-8(16)10(18)9(6)17;;/h4-6,12-14,17,25-26,28,30,32-33H,1-3H3,(H2,23,31);5-8H,9H2,1-4H3,(H,19,20);5-8H,9H2,1-4H3;1-9,14H;2-3,7,12-13,15-18H,4-5H2,1H3,(H,14,19);;1H2/q;;-1;;;+1;/t12-,13-,14+,17+,21-,22+;;24-;;;;/m1.0..../s1. The smallest absolute Gasteiger partial charge is 0.508 e. The number of fused-ring (bicyclic) bond motifs is 6. The van der Waals surface area contributed by atoms with E-state index in [1.165, 1.54) is 63.3 Å². The van der Waals surface area contributed by atoms with E-state index in [-0.39, 0.29) is 98.2 Å². The van der Waals surface area contributed by atoms with Gasteiger partial charge in [-0.25, -0.2) is 15.1 Å². The summed E-state index contributed by atoms with van der Waals surface area (Å²) in [5.74, 6) is -8.14. The van der Waals surface area contributed by atoms with Crippen molar-refractivity contribution in [2.24, 2.45) is 17.6 Å². The number of aromatic nitrogens is 8. The second-order valence-electron chi connectivity index (χ2n) is 27.4. The van der Waals surface area contributed by atoms with Gasteiger partial charge in [-0.05, 0) is 133 Å². The number of pyridine rings is 2. The van der Waals surface area contributed by atoms with E-state index in [0.717, 1.165) is 73.1 Å². The minimum atomic E-state index is -3.02. The number of nitrogens with two attached hydrogens (primary N) is 1. The van der Waals surface area contributed by atoms with Crippen LogP contribution in [0.25, 0.3) is 44.4 Å². The molecule has 14 rings (SSSR count). The number of aromatic hydroxyl groups is 4. The van der Waals surface area contributed by atoms with E-state index in [4.69, 9.17) is 34.9 Å². The number of primary amides is 1. The first-order chi connectivity index (χ1) is 55.1. The van der Waals surface area contributed by atoms with Crippen LogP contribution in [0.15, 0.2) is 166 Å². The number of phenolic OH excluding ortho intramolecular Hbond substituents is 4. The van der Waals surface area contributed by atoms with Crippen LogP contribution in [0.3, 0.4) is 0 Å². The number of aromatic amines is 2. The Morgan fingerprint density at radius 3 is 1.92 bits per heavy atom. The van der Waals surface area contributed by atoms with Crippen molar-refractivity contribution in [3.05, 3.63) is 211 Å². The Kier molecular flexibility index (Phi) is 30.8. The molecule has 2 amide bonds. The Balaban J connectivity index is 0.000000187. The molecular formula is C80H90KN13O22S2. The second kappa shape index (κ2) is 39.2. The number of nitrogens with one attached hydrogen (secondary N) is 5. The van der Waals surface area contributed by atoms with E-state index in [0.29, 0.717) is 38.0 Å². The molecule has 0 saturated heterocycles. The SMILES string of the molecule is CN(C)[C@@H]1C(=O)C(C(N)=O)=C(O)[C@@]2(O)C(=O)C3=C(O)c4c(O)cccc4[C@@](C)(O)[C@H]3[C@H](O)[C@@H]12.CNC(CO)C(=O)NNCc1ccc(O)c(O)c1O.COc1ccc2[n-]c([S@@](=O)Cc3ncc(C)c(OC)c3C)nc2c1.COc1ccc2nc(S(=O)Cc3ncc(C)c(OC)c3C)[nH]c2c1.O.O=c1c2ccccc2[nH]n1-c1ccccc1.[K+]. The van der Waals surface area contributed by atoms with Gasteiger partial charge in [-0.15, -0.1) is 0 Å². The molecule has 1 fully saturated rings. The number of aliphatic hydroxyl groups excluding tert-OH is 4. The van der Waals surface area contributed by atoms with Crippen LogP contribution < -0.4 is 103 Å². The number of ether oxygens (including phenoxy) is 4. The molecule has 9 atom stereocenters. The zero-order valence-electron chi connectivity index (χ0n) is 66.4. The number of H-pyrrole nitrogens is 2. The molecule has 0 bridgehead atoms. The molecule has 5 aromatic heterocycles. The maximum atomic E-state index is 13.7. The molecule has 38 heteroatoms. The van der Waals surface area contributed by atoms with Crippen molar-refractivity contribution in [3.8, 4) is 51.7 Å². The zero-order valence-corrected chi connectivity index (χ0v) is 71.2. The summed E-state index contributed by atoms with van der Waals surface area (Å²) in [6, 6.07) is 32.3. The molecule has 1 saturated carbocycles. The maximum Gasteiger partial charge on any atom is 1.00 e. The number of carbonyl (C=O) groups is 4. The van der Waals surface area contributed by atoms with Gasteiger partial charge < -0.3 is 101 Å². The third kappa shape index (κ3) is 18.7. The number of phenols is 4. The number of aliphatic hydroxyl groups is 6. The summed E-state index contributed by atoms with van der Waals surface area (Å²) in [7, 11) is 8.07. The molecule has 118 heavy (non-hydrogen) atoms. The number of ketones is 2. The van der Waals surface area contributed by atoms with Crippen molar-refractivity contribution in [2.45, 2.75) is 92.4 Å². The van der Waals surface area contributed by atoms with Crippen molar-refractivity contribution >= 4 is 83.7 Å². The largest absolute Gasteiger partial charge is 1.00 e. The van der Waals surface area contributed by atoms with Crippen molar-refractivity contribution in [1.29, 1.82) is 0 Å². The van der Waals surface area contributed by atoms with E-state index in [9.17, 15) is 73.2 Å². The minimum Gasteiger partial charge on any atom is -0.508 e. The van der Waals surface area contributed by atoms with Crippen LogP contribution in [0.1, 0.15) is 57.3 Å². The molecule has 6 aromatic carbocycles. The average molecular weight is 1690 g/mol. The summed E-state index contributed by atoms with van der Waals surface area (Å²) in [5.41, 5.74) is 13.2. The molecule has 3 aliphatic rings. The summed E-state index contributed by atoms with van der Waals surface area (Å²) in [6.07, 6.45) is 1.59. The van der Waals surface area contributed by atoms with Crippen molar-refractivity contribution < 1.29 is 154 Å². The summed E-state index contributed by atoms with van der Waals surface area (Å²) in [4.78, 5) is 88.4. The Morgan fingerprint density at radius 1 is 0.729 bits per heavy atom. The number of amides is 2. The molecular weight excluding hydrogens is 1600 g/mol. The van der Waals surface area contributed by atoms with E-state index in [1.54, 1.807) is 63.7 Å². The summed E-state index contributed by atoms with van der Waals surface area (Å²) >= 11 is 0. The molecule has 0 radical (unpaired) electrons. The average Bonchev–Trinajstić information content (AvgIpc) is 0.770. The molecule has 11 aromatic rings. The van der Waals surface area contributed by atoms with Crippen LogP contribution in [-0.4, -0.2) is 208 Å². The normalized spacial score (nSPS) is 18.5. The maximum absolute atomic E-state index is 13.7. The number of imidazole rings is 2. The number of para-hydroxylation sites is 2. The van der Waals surface area contributed by atoms with Crippen LogP contribution in [0.2, 0.25) is 0 Å². The number of carbonyl (C=O) groups excluding carboxylic acids is 4. The van der Waals surface area contributed by atoms with E-state index < -0.39 is 132 Å². The Hall–Kier alpha value is -10.8. The fourth-order valence-corrected chi connectivity index (χ4v) is 16.1. The molecule has 35 nitrogen and oxygen atoms in total. The predicted octanol–water partition coefficient (Wildman–Crippen LogP) is 1.03. The molecule has 3 aliphatic carbocycles. The number of aryl methyl sites for hydroxylation is 2. The number of hydrogen-bond donors (Lipinski definition) is 16. The number of rotatable bonds is 19. The number of hydrazine groups is 1. The Morgan fingerprint density at radius 2 is 1.33 bits per heavy atom. The fraction of sp³-hybridized carbons (Fsp3) is 0.287. The van der Waals surface area contributed by atoms with Gasteiger partial charge in [0.1, 0.15) is 51.9 Å². The molecule has 5 heterocycles. The van der Waals surface area contributed by atoms with Gasteiger partial charge in [-0.3, -0.25) is 57.8 Å². The molecule has 2 unspecified atom stereocenters. The van der Waals surface area contributed by atoms with Gasteiger partial charge in [-0.2, -0.15) is 0 Å². The van der Waals surface area contributed by atoms with Crippen LogP contribution in [0.5, 0.6) is 46.0 Å². The number of methoxy groups -OCH3 is 4. The van der Waals surface area contributed by atoms with E-state index in [2.05, 4.69) is 51.2 Å². The van der Waals surface area contributed by atoms with Crippen LogP contribution in [-0.2, 0) is 64.4 Å². The first-order valence-electron chi connectivity index (χ1n) is 35.6. The van der Waals surface area contributed by atoms with Crippen LogP contribution in [0, 0.1) is 39.5 Å². The second-order valence-corrected chi connectivity index (χ2v) is 30.1. The van der Waals surface area contributed by atoms with Crippen molar-refractivity contribution in [1.82, 2.24) is 60.8 Å². The monoisotopic (exact) mass is 1690 g/mol. The van der Waals surface area contributed by atoms with E-state index in [1.807, 2.05) is 100 Å². The topological polar surface area (TPSA) is 558 Å². The predicted molar refractivity (Wildman–Crippen MR) is 430 cm³/mol. The number of benzene rings is 6. The number of nitrogens with zero attached hydrogens (tertiary/aromatic N) is 7. The van der Waals surface area contributed by atoms with Crippen LogP contribution in [0.4, 0.5) is 0 Å². The number of hydrogen-bond acceptors (Lipinski definition) is 28. The molecule has 620 valence electrons. The van der Waals surface area contributed by atoms with Crippen molar-refractivity contribution in [2.75, 3.05) is 56.2 Å². The third-order valence-corrected chi connectivity index (χ3v) is 22.2. The Labute approximate surface area is 722 Å². The summed E-state index contributed by atoms with van der Waals surface area (Å²) < 4.78 is 48.0. The Bertz CT molecular complexity index is 5600. The van der Waals surface area contributed by atoms with Crippen LogP contribution >= 0.6 is 0 Å². The van der Waals surface area contributed by atoms with Gasteiger partial charge >= 0.3 is 51.4 Å². The molecule has 0 aliphatic heterocycles. The minimum absolute atomic E-state index is 0.